The Bertz CT molecular complexity index is 414. The Hall–Kier alpha value is -0.930. The van der Waals surface area contributed by atoms with Gasteiger partial charge in [-0.2, -0.15) is 0 Å². The maximum absolute atomic E-state index is 9.37. The molecular formula is C13H16BrNO. The summed E-state index contributed by atoms with van der Waals surface area (Å²) in [6.07, 6.45) is 0. The normalized spacial score (nSPS) is 11.4. The first-order valence-electron chi connectivity index (χ1n) is 5.10. The largest absolute Gasteiger partial charge is 0.392 e. The van der Waals surface area contributed by atoms with Gasteiger partial charge < -0.3 is 5.11 Å². The molecule has 1 aromatic carbocycles. The van der Waals surface area contributed by atoms with E-state index < -0.39 is 0 Å². The zero-order chi connectivity index (χ0) is 12.1. The Kier molecular flexibility index (Phi) is 4.90. The average molecular weight is 282 g/mol. The average Bonchev–Trinajstić information content (AvgIpc) is 2.26. The van der Waals surface area contributed by atoms with E-state index in [1.54, 1.807) is 7.05 Å². The third-order valence-corrected chi connectivity index (χ3v) is 2.92. The highest BCUT2D eigenvalue weighted by Gasteiger charge is 2.09. The molecule has 0 atom stereocenters. The van der Waals surface area contributed by atoms with Crippen LogP contribution in [0.4, 0.5) is 0 Å². The van der Waals surface area contributed by atoms with Gasteiger partial charge in [-0.25, -0.2) is 0 Å². The number of hydrogen-bond donors (Lipinski definition) is 1. The quantitative estimate of drug-likeness (QED) is 0.848. The topological polar surface area (TPSA) is 32.6 Å². The Morgan fingerprint density at radius 3 is 2.19 bits per heavy atom. The number of rotatable bonds is 3. The number of halogens is 1. The number of hydrogen-bond acceptors (Lipinski definition) is 2. The molecule has 0 saturated heterocycles. The number of allylic oxidation sites excluding steroid dienone is 1. The van der Waals surface area contributed by atoms with Gasteiger partial charge >= 0.3 is 0 Å². The molecular weight excluding hydrogens is 266 g/mol. The van der Waals surface area contributed by atoms with Crippen LogP contribution in [0.1, 0.15) is 19.4 Å². The number of aliphatic hydroxyl groups excluding tert-OH is 1. The molecule has 1 N–H and O–H groups in total. The third-order valence-electron chi connectivity index (χ3n) is 2.39. The molecule has 0 radical (unpaired) electrons. The van der Waals surface area contributed by atoms with Crippen molar-refractivity contribution in [2.45, 2.75) is 13.8 Å². The molecule has 0 amide bonds. The molecule has 86 valence electrons. The van der Waals surface area contributed by atoms with Gasteiger partial charge in [0.05, 0.1) is 12.3 Å². The van der Waals surface area contributed by atoms with Crippen LogP contribution < -0.4 is 0 Å². The fourth-order valence-electron chi connectivity index (χ4n) is 1.52. The lowest BCUT2D eigenvalue weighted by molar-refractivity contribution is 0.336. The van der Waals surface area contributed by atoms with E-state index in [1.807, 2.05) is 38.1 Å². The maximum Gasteiger partial charge on any atom is 0.0702 e. The summed E-state index contributed by atoms with van der Waals surface area (Å²) in [6, 6.07) is 7.93. The Morgan fingerprint density at radius 1 is 1.25 bits per heavy atom. The minimum absolute atomic E-state index is 0.0189. The van der Waals surface area contributed by atoms with E-state index in [1.165, 1.54) is 0 Å². The van der Waals surface area contributed by atoms with Gasteiger partial charge in [0, 0.05) is 22.7 Å². The lowest BCUT2D eigenvalue weighted by atomic mass is 9.99. The summed E-state index contributed by atoms with van der Waals surface area (Å²) in [6.45, 7) is 3.98. The summed E-state index contributed by atoms with van der Waals surface area (Å²) >= 11 is 3.40. The summed E-state index contributed by atoms with van der Waals surface area (Å²) in [5, 5.41) is 9.37. The number of nitrogens with zero attached hydrogens (tertiary/aromatic N) is 1. The van der Waals surface area contributed by atoms with Crippen LogP contribution in [0.5, 0.6) is 0 Å². The zero-order valence-corrected chi connectivity index (χ0v) is 11.4. The number of aliphatic hydroxyl groups is 1. The van der Waals surface area contributed by atoms with Crippen LogP contribution in [-0.4, -0.2) is 24.5 Å². The van der Waals surface area contributed by atoms with E-state index in [-0.39, 0.29) is 6.61 Å². The Morgan fingerprint density at radius 2 is 1.81 bits per heavy atom. The molecule has 0 aromatic heterocycles. The summed E-state index contributed by atoms with van der Waals surface area (Å²) in [7, 11) is 1.75. The summed E-state index contributed by atoms with van der Waals surface area (Å²) in [5.41, 5.74) is 3.86. The predicted octanol–water partition coefficient (Wildman–Crippen LogP) is 3.20. The highest BCUT2D eigenvalue weighted by atomic mass is 79.9. The molecule has 1 aromatic rings. The first-order chi connectivity index (χ1) is 7.60. The fourth-order valence-corrected chi connectivity index (χ4v) is 1.78. The van der Waals surface area contributed by atoms with Crippen molar-refractivity contribution in [2.24, 2.45) is 4.99 Å². The standard InChI is InChI=1S/C13H16BrNO/c1-9(2)12(8-16)13(15-3)10-4-6-11(14)7-5-10/h4-7,16H,8H2,1-3H3. The van der Waals surface area contributed by atoms with Gasteiger partial charge in [0.15, 0.2) is 0 Å². The molecule has 0 bridgehead atoms. The predicted molar refractivity (Wildman–Crippen MR) is 72.1 cm³/mol. The van der Waals surface area contributed by atoms with Gasteiger partial charge in [0.1, 0.15) is 0 Å². The molecule has 0 heterocycles. The first kappa shape index (κ1) is 13.1. The van der Waals surface area contributed by atoms with E-state index in [9.17, 15) is 5.11 Å². The highest BCUT2D eigenvalue weighted by molar-refractivity contribution is 9.10. The molecule has 1 rings (SSSR count). The van der Waals surface area contributed by atoms with Crippen LogP contribution in [0.25, 0.3) is 0 Å². The number of benzene rings is 1. The molecule has 3 heteroatoms. The molecule has 0 saturated carbocycles. The van der Waals surface area contributed by atoms with Crippen molar-refractivity contribution < 1.29 is 5.11 Å². The lowest BCUT2D eigenvalue weighted by Crippen LogP contribution is -2.10. The van der Waals surface area contributed by atoms with Crippen molar-refractivity contribution in [1.82, 2.24) is 0 Å². The van der Waals surface area contributed by atoms with Crippen molar-refractivity contribution in [3.05, 3.63) is 45.4 Å². The summed E-state index contributed by atoms with van der Waals surface area (Å²) in [5.74, 6) is 0. The van der Waals surface area contributed by atoms with Gasteiger partial charge in [0.2, 0.25) is 0 Å². The zero-order valence-electron chi connectivity index (χ0n) is 9.79. The van der Waals surface area contributed by atoms with Crippen LogP contribution >= 0.6 is 15.9 Å². The van der Waals surface area contributed by atoms with Gasteiger partial charge in [0.25, 0.3) is 0 Å². The molecule has 0 unspecified atom stereocenters. The second-order valence-corrected chi connectivity index (χ2v) is 4.63. The summed E-state index contributed by atoms with van der Waals surface area (Å²) < 4.78 is 1.04. The highest BCUT2D eigenvalue weighted by Crippen LogP contribution is 2.16. The van der Waals surface area contributed by atoms with Crippen molar-refractivity contribution in [2.75, 3.05) is 13.7 Å². The van der Waals surface area contributed by atoms with E-state index in [4.69, 9.17) is 0 Å². The van der Waals surface area contributed by atoms with Crippen molar-refractivity contribution in [1.29, 1.82) is 0 Å². The maximum atomic E-state index is 9.37. The van der Waals surface area contributed by atoms with Crippen LogP contribution in [0.3, 0.4) is 0 Å². The minimum Gasteiger partial charge on any atom is -0.392 e. The smallest absolute Gasteiger partial charge is 0.0702 e. The fraction of sp³-hybridized carbons (Fsp3) is 0.308. The molecule has 0 aliphatic heterocycles. The Labute approximate surface area is 105 Å². The molecule has 16 heavy (non-hydrogen) atoms. The molecule has 0 aliphatic carbocycles. The van der Waals surface area contributed by atoms with Crippen LogP contribution in [0, 0.1) is 0 Å². The second-order valence-electron chi connectivity index (χ2n) is 3.72. The Balaban J connectivity index is 3.19. The van der Waals surface area contributed by atoms with Crippen LogP contribution in [0.2, 0.25) is 0 Å². The van der Waals surface area contributed by atoms with Gasteiger partial charge in [-0.3, -0.25) is 4.99 Å². The lowest BCUT2D eigenvalue weighted by Gasteiger charge is -2.10. The molecule has 0 aliphatic rings. The molecule has 0 spiro atoms. The molecule has 2 nitrogen and oxygen atoms in total. The van der Waals surface area contributed by atoms with Gasteiger partial charge in [-0.15, -0.1) is 0 Å². The SMILES string of the molecule is CN=C(C(CO)=C(C)C)c1ccc(Br)cc1. The first-order valence-corrected chi connectivity index (χ1v) is 5.89. The van der Waals surface area contributed by atoms with Crippen molar-refractivity contribution in [3.8, 4) is 0 Å². The van der Waals surface area contributed by atoms with E-state index in [0.717, 1.165) is 26.9 Å². The van der Waals surface area contributed by atoms with Gasteiger partial charge in [-0.1, -0.05) is 33.6 Å². The number of aliphatic imine (C=N–C) groups is 1. The van der Waals surface area contributed by atoms with E-state index >= 15 is 0 Å². The minimum atomic E-state index is 0.0189. The second kappa shape index (κ2) is 5.97. The molecule has 0 fully saturated rings. The van der Waals surface area contributed by atoms with Gasteiger partial charge in [-0.05, 0) is 26.0 Å². The van der Waals surface area contributed by atoms with Crippen molar-refractivity contribution in [3.63, 3.8) is 0 Å². The van der Waals surface area contributed by atoms with Crippen LogP contribution in [0.15, 0.2) is 44.9 Å². The summed E-state index contributed by atoms with van der Waals surface area (Å²) in [4.78, 5) is 4.26. The van der Waals surface area contributed by atoms with Crippen LogP contribution in [-0.2, 0) is 0 Å². The van der Waals surface area contributed by atoms with Crippen molar-refractivity contribution >= 4 is 21.6 Å². The van der Waals surface area contributed by atoms with E-state index in [2.05, 4.69) is 20.9 Å². The monoisotopic (exact) mass is 281 g/mol. The van der Waals surface area contributed by atoms with E-state index in [0.29, 0.717) is 0 Å². The third kappa shape index (κ3) is 3.03.